The predicted molar refractivity (Wildman–Crippen MR) is 93.5 cm³/mol. The second-order valence-electron chi connectivity index (χ2n) is 6.30. The van der Waals surface area contributed by atoms with Crippen LogP contribution >= 0.6 is 0 Å². The van der Waals surface area contributed by atoms with E-state index < -0.39 is 5.60 Å². The molecule has 23 heavy (non-hydrogen) atoms. The summed E-state index contributed by atoms with van der Waals surface area (Å²) in [6.45, 7) is 6.22. The smallest absolute Gasteiger partial charge is 0.333 e. The molecule has 0 saturated carbocycles. The highest BCUT2D eigenvalue weighted by Gasteiger charge is 2.15. The Kier molecular flexibility index (Phi) is 5.58. The van der Waals surface area contributed by atoms with Gasteiger partial charge in [-0.15, -0.1) is 0 Å². The molecule has 0 bridgehead atoms. The van der Waals surface area contributed by atoms with E-state index >= 15 is 0 Å². The van der Waals surface area contributed by atoms with Gasteiger partial charge in [-0.1, -0.05) is 60.7 Å². The summed E-state index contributed by atoms with van der Waals surface area (Å²) in [7, 11) is 0. The molecule has 0 amide bonds. The molecule has 0 unspecified atom stereocenters. The molecule has 2 rings (SSSR count). The molecule has 3 nitrogen and oxygen atoms in total. The number of benzene rings is 2. The lowest BCUT2D eigenvalue weighted by Gasteiger charge is -2.19. The third-order valence-corrected chi connectivity index (χ3v) is 3.08. The van der Waals surface area contributed by atoms with Crippen LogP contribution in [0.1, 0.15) is 31.9 Å². The van der Waals surface area contributed by atoms with Crippen LogP contribution < -0.4 is 5.32 Å². The van der Waals surface area contributed by atoms with Crippen LogP contribution in [0.25, 0.3) is 5.70 Å². The summed E-state index contributed by atoms with van der Waals surface area (Å²) in [4.78, 5) is 12.1. The maximum absolute atomic E-state index is 12.1. The second-order valence-corrected chi connectivity index (χ2v) is 6.30. The van der Waals surface area contributed by atoms with Gasteiger partial charge in [-0.2, -0.15) is 0 Å². The fourth-order valence-corrected chi connectivity index (χ4v) is 2.10. The van der Waals surface area contributed by atoms with Gasteiger partial charge in [0.1, 0.15) is 5.60 Å². The fourth-order valence-electron chi connectivity index (χ4n) is 2.10. The van der Waals surface area contributed by atoms with Gasteiger partial charge in [-0.3, -0.25) is 0 Å². The molecule has 3 heteroatoms. The summed E-state index contributed by atoms with van der Waals surface area (Å²) in [6.07, 6.45) is 1.52. The third-order valence-electron chi connectivity index (χ3n) is 3.08. The maximum Gasteiger partial charge on any atom is 0.333 e. The Balaban J connectivity index is 2.17. The van der Waals surface area contributed by atoms with Crippen LogP contribution in [0.3, 0.4) is 0 Å². The highest BCUT2D eigenvalue weighted by molar-refractivity contribution is 5.91. The summed E-state index contributed by atoms with van der Waals surface area (Å²) in [5.74, 6) is -0.350. The molecular weight excluding hydrogens is 286 g/mol. The summed E-state index contributed by atoms with van der Waals surface area (Å²) in [5, 5.41) is 3.33. The Bertz CT molecular complexity index is 655. The molecule has 1 N–H and O–H groups in total. The molecule has 0 aliphatic heterocycles. The zero-order chi connectivity index (χ0) is 16.7. The minimum absolute atomic E-state index is 0.350. The van der Waals surface area contributed by atoms with Crippen molar-refractivity contribution in [1.29, 1.82) is 0 Å². The minimum Gasteiger partial charge on any atom is -0.457 e. The molecule has 0 fully saturated rings. The van der Waals surface area contributed by atoms with Gasteiger partial charge in [0.05, 0.1) is 0 Å². The molecule has 0 heterocycles. The Morgan fingerprint density at radius 3 is 2.13 bits per heavy atom. The van der Waals surface area contributed by atoms with Crippen LogP contribution in [0.4, 0.5) is 0 Å². The van der Waals surface area contributed by atoms with Gasteiger partial charge in [0.15, 0.2) is 0 Å². The zero-order valence-corrected chi connectivity index (χ0v) is 13.9. The summed E-state index contributed by atoms with van der Waals surface area (Å²) in [6, 6.07) is 19.8. The predicted octanol–water partition coefficient (Wildman–Crippen LogP) is 4.16. The monoisotopic (exact) mass is 309 g/mol. The molecule has 0 aromatic heterocycles. The quantitative estimate of drug-likeness (QED) is 0.666. The number of carbonyl (C=O) groups is 1. The van der Waals surface area contributed by atoms with E-state index in [2.05, 4.69) is 5.32 Å². The number of carbonyl (C=O) groups excluding carboxylic acids is 1. The van der Waals surface area contributed by atoms with E-state index in [-0.39, 0.29) is 5.97 Å². The standard InChI is InChI=1S/C20H23NO2/c1-20(2,3)23-19(22)14-18(17-12-8-5-9-13-17)21-15-16-10-6-4-7-11-16/h4-14,21H,15H2,1-3H3/b18-14+. The Labute approximate surface area is 138 Å². The van der Waals surface area contributed by atoms with Crippen molar-refractivity contribution in [3.8, 4) is 0 Å². The summed E-state index contributed by atoms with van der Waals surface area (Å²) < 4.78 is 5.39. The van der Waals surface area contributed by atoms with Gasteiger partial charge < -0.3 is 10.1 Å². The number of nitrogens with one attached hydrogen (secondary N) is 1. The lowest BCUT2D eigenvalue weighted by Crippen LogP contribution is -2.23. The molecule has 2 aromatic carbocycles. The lowest BCUT2D eigenvalue weighted by molar-refractivity contribution is -0.148. The van der Waals surface area contributed by atoms with Crippen LogP contribution in [0, 0.1) is 0 Å². The molecule has 120 valence electrons. The lowest BCUT2D eigenvalue weighted by atomic mass is 10.1. The maximum atomic E-state index is 12.1. The Morgan fingerprint density at radius 1 is 1.00 bits per heavy atom. The summed E-state index contributed by atoms with van der Waals surface area (Å²) >= 11 is 0. The number of ether oxygens (including phenoxy) is 1. The minimum atomic E-state index is -0.505. The van der Waals surface area contributed by atoms with Crippen LogP contribution in [-0.2, 0) is 16.1 Å². The molecule has 2 aromatic rings. The molecule has 0 aliphatic carbocycles. The van der Waals surface area contributed by atoms with Gasteiger partial charge in [0.25, 0.3) is 0 Å². The molecule has 0 radical (unpaired) electrons. The first-order chi connectivity index (χ1) is 10.9. The van der Waals surface area contributed by atoms with Crippen molar-refractivity contribution in [3.63, 3.8) is 0 Å². The second kappa shape index (κ2) is 7.63. The largest absolute Gasteiger partial charge is 0.457 e. The number of esters is 1. The first-order valence-electron chi connectivity index (χ1n) is 7.72. The van der Waals surface area contributed by atoms with Crippen LogP contribution in [-0.4, -0.2) is 11.6 Å². The van der Waals surface area contributed by atoms with E-state index in [0.29, 0.717) is 6.54 Å². The third kappa shape index (κ3) is 5.99. The van der Waals surface area contributed by atoms with Crippen molar-refractivity contribution in [3.05, 3.63) is 77.9 Å². The van der Waals surface area contributed by atoms with Crippen molar-refractivity contribution in [2.75, 3.05) is 0 Å². The van der Waals surface area contributed by atoms with E-state index in [1.165, 1.54) is 6.08 Å². The molecule has 0 atom stereocenters. The SMILES string of the molecule is CC(C)(C)OC(=O)/C=C(/NCc1ccccc1)c1ccccc1. The highest BCUT2D eigenvalue weighted by atomic mass is 16.6. The van der Waals surface area contributed by atoms with Gasteiger partial charge in [-0.05, 0) is 31.9 Å². The molecule has 0 saturated heterocycles. The van der Waals surface area contributed by atoms with E-state index in [9.17, 15) is 4.79 Å². The van der Waals surface area contributed by atoms with Gasteiger partial charge in [-0.25, -0.2) is 4.79 Å². The average molecular weight is 309 g/mol. The number of hydrogen-bond acceptors (Lipinski definition) is 3. The van der Waals surface area contributed by atoms with Gasteiger partial charge in [0.2, 0.25) is 0 Å². The molecule has 0 spiro atoms. The topological polar surface area (TPSA) is 38.3 Å². The van der Waals surface area contributed by atoms with Crippen molar-refractivity contribution < 1.29 is 9.53 Å². The van der Waals surface area contributed by atoms with Crippen molar-refractivity contribution in [1.82, 2.24) is 5.32 Å². The van der Waals surface area contributed by atoms with E-state index in [1.54, 1.807) is 0 Å². The van der Waals surface area contributed by atoms with Gasteiger partial charge >= 0.3 is 5.97 Å². The average Bonchev–Trinajstić information content (AvgIpc) is 2.51. The first kappa shape index (κ1) is 16.8. The Morgan fingerprint density at radius 2 is 1.57 bits per heavy atom. The van der Waals surface area contributed by atoms with E-state index in [0.717, 1.165) is 16.8 Å². The van der Waals surface area contributed by atoms with Crippen LogP contribution in [0.2, 0.25) is 0 Å². The van der Waals surface area contributed by atoms with Gasteiger partial charge in [0, 0.05) is 18.3 Å². The van der Waals surface area contributed by atoms with Crippen LogP contribution in [0.15, 0.2) is 66.7 Å². The van der Waals surface area contributed by atoms with Crippen molar-refractivity contribution >= 4 is 11.7 Å². The van der Waals surface area contributed by atoms with Crippen molar-refractivity contribution in [2.45, 2.75) is 32.9 Å². The van der Waals surface area contributed by atoms with E-state index in [4.69, 9.17) is 4.74 Å². The highest BCUT2D eigenvalue weighted by Crippen LogP contribution is 2.14. The molecular formula is C20H23NO2. The Hall–Kier alpha value is -2.55. The summed E-state index contributed by atoms with van der Waals surface area (Å²) in [5.41, 5.74) is 2.35. The number of rotatable bonds is 5. The first-order valence-corrected chi connectivity index (χ1v) is 7.72. The molecule has 0 aliphatic rings. The van der Waals surface area contributed by atoms with Crippen molar-refractivity contribution in [2.24, 2.45) is 0 Å². The normalized spacial score (nSPS) is 11.9. The van der Waals surface area contributed by atoms with E-state index in [1.807, 2.05) is 81.4 Å². The zero-order valence-electron chi connectivity index (χ0n) is 13.9. The van der Waals surface area contributed by atoms with Crippen LogP contribution in [0.5, 0.6) is 0 Å². The number of hydrogen-bond donors (Lipinski definition) is 1. The fraction of sp³-hybridized carbons (Fsp3) is 0.250.